The first kappa shape index (κ1) is 18.7. The monoisotopic (exact) mass is 351 g/mol. The molecule has 0 radical (unpaired) electrons. The molecule has 1 aliphatic heterocycles. The van der Waals surface area contributed by atoms with Crippen LogP contribution in [0.3, 0.4) is 0 Å². The first-order valence-electron chi connectivity index (χ1n) is 9.03. The van der Waals surface area contributed by atoms with Crippen LogP contribution in [0.15, 0.2) is 54.6 Å². The number of benzene rings is 2. The van der Waals surface area contributed by atoms with Crippen molar-refractivity contribution in [3.63, 3.8) is 0 Å². The van der Waals surface area contributed by atoms with Gasteiger partial charge in [-0.2, -0.15) is 0 Å². The molecule has 0 saturated carbocycles. The van der Waals surface area contributed by atoms with Crippen LogP contribution in [0.4, 0.5) is 0 Å². The summed E-state index contributed by atoms with van der Waals surface area (Å²) in [5.41, 5.74) is 2.17. The third-order valence-corrected chi connectivity index (χ3v) is 5.22. The summed E-state index contributed by atoms with van der Waals surface area (Å²) in [5.74, 6) is -0.0731. The molecule has 3 rings (SSSR count). The fourth-order valence-electron chi connectivity index (χ4n) is 2.91. The third-order valence-electron chi connectivity index (χ3n) is 5.22. The average Bonchev–Trinajstić information content (AvgIpc) is 2.81. The van der Waals surface area contributed by atoms with Gasteiger partial charge in [-0.25, -0.2) is 0 Å². The molecule has 0 unspecified atom stereocenters. The highest BCUT2D eigenvalue weighted by atomic mass is 16.7. The van der Waals surface area contributed by atoms with E-state index in [1.165, 1.54) is 0 Å². The summed E-state index contributed by atoms with van der Waals surface area (Å²) < 4.78 is 12.1. The van der Waals surface area contributed by atoms with Gasteiger partial charge in [-0.15, -0.1) is 0 Å². The summed E-state index contributed by atoms with van der Waals surface area (Å²) in [5, 5.41) is 2.94. The summed E-state index contributed by atoms with van der Waals surface area (Å²) >= 11 is 0. The van der Waals surface area contributed by atoms with E-state index >= 15 is 0 Å². The highest BCUT2D eigenvalue weighted by molar-refractivity contribution is 6.45. The van der Waals surface area contributed by atoms with Gasteiger partial charge in [0.1, 0.15) is 0 Å². The zero-order valence-electron chi connectivity index (χ0n) is 15.9. The molecule has 1 saturated heterocycles. The van der Waals surface area contributed by atoms with Crippen LogP contribution in [0.1, 0.15) is 49.2 Å². The van der Waals surface area contributed by atoms with Crippen molar-refractivity contribution in [2.45, 2.75) is 51.8 Å². The van der Waals surface area contributed by atoms with Crippen LogP contribution < -0.4 is 5.32 Å². The van der Waals surface area contributed by atoms with Gasteiger partial charge in [0.05, 0.1) is 11.2 Å². The predicted octanol–water partition coefficient (Wildman–Crippen LogP) is 3.79. The van der Waals surface area contributed by atoms with E-state index in [-0.39, 0.29) is 24.2 Å². The van der Waals surface area contributed by atoms with Crippen molar-refractivity contribution in [3.8, 4) is 0 Å². The van der Waals surface area contributed by atoms with Crippen LogP contribution in [0.25, 0.3) is 0 Å². The molecule has 0 atom stereocenters. The minimum Gasteiger partial charge on any atom is -0.403 e. The molecule has 2 aromatic carbocycles. The topological polar surface area (TPSA) is 47.6 Å². The van der Waals surface area contributed by atoms with E-state index in [4.69, 9.17) is 9.31 Å². The molecule has 0 aliphatic carbocycles. The highest BCUT2D eigenvalue weighted by Gasteiger charge is 2.50. The zero-order valence-corrected chi connectivity index (χ0v) is 15.9. The van der Waals surface area contributed by atoms with Crippen molar-refractivity contribution < 1.29 is 14.1 Å². The summed E-state index contributed by atoms with van der Waals surface area (Å²) in [6, 6.07) is 17.5. The predicted molar refractivity (Wildman–Crippen MR) is 104 cm³/mol. The summed E-state index contributed by atoms with van der Waals surface area (Å²) in [6.45, 7) is 8.72. The minimum atomic E-state index is -0.324. The van der Waals surface area contributed by atoms with E-state index in [9.17, 15) is 4.79 Å². The lowest BCUT2D eigenvalue weighted by atomic mass is 9.80. The second-order valence-corrected chi connectivity index (χ2v) is 7.76. The number of hydrogen-bond acceptors (Lipinski definition) is 3. The van der Waals surface area contributed by atoms with Crippen molar-refractivity contribution in [3.05, 3.63) is 71.3 Å². The van der Waals surface area contributed by atoms with E-state index in [2.05, 4.69) is 5.32 Å². The fraction of sp³-hybridized carbons (Fsp3) is 0.381. The normalized spacial score (nSPS) is 17.9. The average molecular weight is 351 g/mol. The van der Waals surface area contributed by atoms with Crippen LogP contribution in [0.2, 0.25) is 0 Å². The van der Waals surface area contributed by atoms with Gasteiger partial charge >= 0.3 is 7.12 Å². The van der Waals surface area contributed by atoms with Crippen molar-refractivity contribution in [2.75, 3.05) is 0 Å². The molecular formula is C21H26BNO3. The van der Waals surface area contributed by atoms with Crippen LogP contribution in [-0.2, 0) is 22.2 Å². The largest absolute Gasteiger partial charge is 0.462 e. The SMILES string of the molecule is CC1(C)OB(Cc2ccc(C(=O)NCc3ccccc3)cc2)OC1(C)C. The molecular weight excluding hydrogens is 325 g/mol. The maximum absolute atomic E-state index is 12.3. The van der Waals surface area contributed by atoms with Crippen LogP contribution in [0.5, 0.6) is 0 Å². The molecule has 136 valence electrons. The number of hydrogen-bond donors (Lipinski definition) is 1. The molecule has 4 nitrogen and oxygen atoms in total. The molecule has 0 aromatic heterocycles. The Morgan fingerprint density at radius 1 is 0.885 bits per heavy atom. The zero-order chi connectivity index (χ0) is 18.8. The maximum Gasteiger partial charge on any atom is 0.462 e. The number of carbonyl (C=O) groups is 1. The number of carbonyl (C=O) groups excluding carboxylic acids is 1. The van der Waals surface area contributed by atoms with Gasteiger partial charge in [-0.05, 0) is 51.0 Å². The van der Waals surface area contributed by atoms with E-state index in [0.29, 0.717) is 18.4 Å². The van der Waals surface area contributed by atoms with Crippen LogP contribution in [-0.4, -0.2) is 24.2 Å². The number of rotatable bonds is 5. The second kappa shape index (κ2) is 7.26. The summed E-state index contributed by atoms with van der Waals surface area (Å²) in [6.07, 6.45) is 0.665. The molecule has 5 heteroatoms. The van der Waals surface area contributed by atoms with Gasteiger partial charge in [0.25, 0.3) is 5.91 Å². The Balaban J connectivity index is 1.56. The van der Waals surface area contributed by atoms with Gasteiger partial charge < -0.3 is 14.6 Å². The Hall–Kier alpha value is -2.11. The van der Waals surface area contributed by atoms with Gasteiger partial charge in [-0.3, -0.25) is 4.79 Å². The first-order chi connectivity index (χ1) is 12.3. The molecule has 0 bridgehead atoms. The van der Waals surface area contributed by atoms with Gasteiger partial charge in [0, 0.05) is 18.4 Å². The van der Waals surface area contributed by atoms with Crippen LogP contribution in [0, 0.1) is 0 Å². The molecule has 1 amide bonds. The third kappa shape index (κ3) is 4.17. The molecule has 1 aliphatic rings. The molecule has 1 N–H and O–H groups in total. The van der Waals surface area contributed by atoms with Gasteiger partial charge in [-0.1, -0.05) is 42.5 Å². The van der Waals surface area contributed by atoms with Gasteiger partial charge in [0.2, 0.25) is 0 Å². The Labute approximate surface area is 156 Å². The Morgan fingerprint density at radius 2 is 1.46 bits per heavy atom. The van der Waals surface area contributed by atoms with Crippen LogP contribution >= 0.6 is 0 Å². The minimum absolute atomic E-state index is 0.0731. The van der Waals surface area contributed by atoms with E-state index in [1.807, 2.05) is 82.3 Å². The lowest BCUT2D eigenvalue weighted by Gasteiger charge is -2.32. The Morgan fingerprint density at radius 3 is 2.04 bits per heavy atom. The number of amides is 1. The lowest BCUT2D eigenvalue weighted by Crippen LogP contribution is -2.41. The van der Waals surface area contributed by atoms with Crippen molar-refractivity contribution in [2.24, 2.45) is 0 Å². The van der Waals surface area contributed by atoms with E-state index in [1.54, 1.807) is 0 Å². The summed E-state index contributed by atoms with van der Waals surface area (Å²) in [7, 11) is -0.266. The van der Waals surface area contributed by atoms with E-state index in [0.717, 1.165) is 11.1 Å². The first-order valence-corrected chi connectivity index (χ1v) is 9.03. The quantitative estimate of drug-likeness (QED) is 0.834. The molecule has 1 fully saturated rings. The summed E-state index contributed by atoms with van der Waals surface area (Å²) in [4.78, 5) is 12.3. The molecule has 2 aromatic rings. The fourth-order valence-corrected chi connectivity index (χ4v) is 2.91. The van der Waals surface area contributed by atoms with Gasteiger partial charge in [0.15, 0.2) is 0 Å². The van der Waals surface area contributed by atoms with E-state index < -0.39 is 0 Å². The Kier molecular flexibility index (Phi) is 5.21. The van der Waals surface area contributed by atoms with Crippen molar-refractivity contribution in [1.29, 1.82) is 0 Å². The smallest absolute Gasteiger partial charge is 0.403 e. The highest BCUT2D eigenvalue weighted by Crippen LogP contribution is 2.37. The molecule has 26 heavy (non-hydrogen) atoms. The maximum atomic E-state index is 12.3. The lowest BCUT2D eigenvalue weighted by molar-refractivity contribution is 0.00578. The number of nitrogens with one attached hydrogen (secondary N) is 1. The Bertz CT molecular complexity index is 741. The van der Waals surface area contributed by atoms with Crippen molar-refractivity contribution in [1.82, 2.24) is 5.32 Å². The van der Waals surface area contributed by atoms with Crippen molar-refractivity contribution >= 4 is 13.0 Å². The second-order valence-electron chi connectivity index (χ2n) is 7.76. The standard InChI is InChI=1S/C21H26BNO3/c1-20(2)21(3,4)26-22(25-20)14-16-10-12-18(13-11-16)19(24)23-15-17-8-6-5-7-9-17/h5-13H,14-15H2,1-4H3,(H,23,24). The molecule has 0 spiro atoms. The molecule has 1 heterocycles.